The van der Waals surface area contributed by atoms with Crippen molar-refractivity contribution >= 4 is 23.7 Å². The van der Waals surface area contributed by atoms with Crippen LogP contribution in [0.15, 0.2) is 59.7 Å². The van der Waals surface area contributed by atoms with Crippen molar-refractivity contribution in [1.82, 2.24) is 10.3 Å². The zero-order valence-electron chi connectivity index (χ0n) is 14.1. The third-order valence-corrected chi connectivity index (χ3v) is 4.72. The van der Waals surface area contributed by atoms with Gasteiger partial charge in [-0.1, -0.05) is 54.1 Å². The number of halogens is 1. The molecule has 0 unspecified atom stereocenters. The van der Waals surface area contributed by atoms with Gasteiger partial charge in [0.2, 0.25) is 5.91 Å². The highest BCUT2D eigenvalue weighted by Gasteiger charge is 2.24. The van der Waals surface area contributed by atoms with Gasteiger partial charge in [0, 0.05) is 17.5 Å². The smallest absolute Gasteiger partial charge is 0.243 e. The van der Waals surface area contributed by atoms with E-state index in [4.69, 9.17) is 11.6 Å². The van der Waals surface area contributed by atoms with Gasteiger partial charge in [0.15, 0.2) is 0 Å². The van der Waals surface area contributed by atoms with E-state index in [0.717, 1.165) is 43.1 Å². The molecule has 0 spiro atoms. The fourth-order valence-electron chi connectivity index (χ4n) is 3.00. The molecule has 0 bridgehead atoms. The van der Waals surface area contributed by atoms with E-state index in [1.807, 2.05) is 42.5 Å². The summed E-state index contributed by atoms with van der Waals surface area (Å²) in [7, 11) is 0. The Hall–Kier alpha value is -2.17. The Balaban J connectivity index is 1.43. The Morgan fingerprint density at radius 3 is 2.48 bits per heavy atom. The van der Waals surface area contributed by atoms with Crippen molar-refractivity contribution < 1.29 is 4.79 Å². The monoisotopic (exact) mass is 355 g/mol. The van der Waals surface area contributed by atoms with Crippen LogP contribution in [0.1, 0.15) is 24.0 Å². The number of rotatable bonds is 5. The molecule has 1 heterocycles. The van der Waals surface area contributed by atoms with E-state index < -0.39 is 0 Å². The molecule has 4 nitrogen and oxygen atoms in total. The first-order valence-corrected chi connectivity index (χ1v) is 8.93. The molecule has 3 rings (SSSR count). The molecule has 1 saturated heterocycles. The van der Waals surface area contributed by atoms with Crippen molar-refractivity contribution in [3.05, 3.63) is 70.7 Å². The summed E-state index contributed by atoms with van der Waals surface area (Å²) in [5.41, 5.74) is 4.89. The first-order chi connectivity index (χ1) is 12.2. The van der Waals surface area contributed by atoms with Gasteiger partial charge in [-0.2, -0.15) is 5.10 Å². The maximum Gasteiger partial charge on any atom is 0.243 e. The number of hydrogen-bond acceptors (Lipinski definition) is 3. The van der Waals surface area contributed by atoms with Gasteiger partial charge in [-0.25, -0.2) is 5.43 Å². The van der Waals surface area contributed by atoms with E-state index in [1.54, 1.807) is 6.21 Å². The van der Waals surface area contributed by atoms with Crippen molar-refractivity contribution in [3.63, 3.8) is 0 Å². The highest BCUT2D eigenvalue weighted by atomic mass is 35.5. The van der Waals surface area contributed by atoms with Gasteiger partial charge in [-0.3, -0.25) is 9.69 Å². The van der Waals surface area contributed by atoms with E-state index in [0.29, 0.717) is 0 Å². The van der Waals surface area contributed by atoms with Gasteiger partial charge in [-0.05, 0) is 49.2 Å². The van der Waals surface area contributed by atoms with Crippen LogP contribution >= 0.6 is 11.6 Å². The van der Waals surface area contributed by atoms with Crippen LogP contribution in [0.4, 0.5) is 0 Å². The lowest BCUT2D eigenvalue weighted by Crippen LogP contribution is -2.39. The fourth-order valence-corrected chi connectivity index (χ4v) is 3.13. The summed E-state index contributed by atoms with van der Waals surface area (Å²) in [6.45, 7) is 2.74. The number of carbonyl (C=O) groups is 1. The molecule has 1 N–H and O–H groups in total. The van der Waals surface area contributed by atoms with Crippen LogP contribution in [0.5, 0.6) is 0 Å². The molecular formula is C20H22ClN3O. The minimum atomic E-state index is 0.0123. The van der Waals surface area contributed by atoms with Crippen molar-refractivity contribution in [1.29, 1.82) is 0 Å². The molecule has 25 heavy (non-hydrogen) atoms. The van der Waals surface area contributed by atoms with Crippen LogP contribution in [0, 0.1) is 5.92 Å². The molecule has 0 radical (unpaired) electrons. The molecular weight excluding hydrogens is 334 g/mol. The van der Waals surface area contributed by atoms with E-state index in [9.17, 15) is 4.79 Å². The van der Waals surface area contributed by atoms with Crippen LogP contribution in [0.2, 0.25) is 5.02 Å². The molecule has 1 fully saturated rings. The lowest BCUT2D eigenvalue weighted by Gasteiger charge is -2.30. The quantitative estimate of drug-likeness (QED) is 0.656. The highest BCUT2D eigenvalue weighted by molar-refractivity contribution is 6.30. The van der Waals surface area contributed by atoms with Gasteiger partial charge >= 0.3 is 0 Å². The van der Waals surface area contributed by atoms with Crippen molar-refractivity contribution in [3.8, 4) is 0 Å². The van der Waals surface area contributed by atoms with Crippen LogP contribution in [-0.2, 0) is 11.3 Å². The third kappa shape index (κ3) is 5.41. The first-order valence-electron chi connectivity index (χ1n) is 8.55. The lowest BCUT2D eigenvalue weighted by atomic mass is 9.96. The number of nitrogens with one attached hydrogen (secondary N) is 1. The Bertz CT molecular complexity index is 707. The summed E-state index contributed by atoms with van der Waals surface area (Å²) in [5.74, 6) is 0.0488. The largest absolute Gasteiger partial charge is 0.299 e. The molecule has 0 atom stereocenters. The Labute approximate surface area is 153 Å². The maximum absolute atomic E-state index is 12.2. The van der Waals surface area contributed by atoms with E-state index in [2.05, 4.69) is 27.6 Å². The van der Waals surface area contributed by atoms with Crippen LogP contribution in [-0.4, -0.2) is 30.1 Å². The number of hydrazone groups is 1. The lowest BCUT2D eigenvalue weighted by molar-refractivity contribution is -0.126. The Kier molecular flexibility index (Phi) is 6.20. The molecule has 2 aromatic carbocycles. The third-order valence-electron chi connectivity index (χ3n) is 4.47. The fraction of sp³-hybridized carbons (Fsp3) is 0.300. The zero-order chi connectivity index (χ0) is 17.5. The van der Waals surface area contributed by atoms with Gasteiger partial charge in [0.05, 0.1) is 6.21 Å². The Morgan fingerprint density at radius 2 is 1.80 bits per heavy atom. The zero-order valence-corrected chi connectivity index (χ0v) is 14.8. The van der Waals surface area contributed by atoms with Gasteiger partial charge < -0.3 is 0 Å². The van der Waals surface area contributed by atoms with Crippen molar-refractivity contribution in [2.45, 2.75) is 19.4 Å². The number of hydrogen-bond donors (Lipinski definition) is 1. The topological polar surface area (TPSA) is 44.7 Å². The predicted molar refractivity (Wildman–Crippen MR) is 102 cm³/mol. The van der Waals surface area contributed by atoms with Crippen molar-refractivity contribution in [2.24, 2.45) is 11.0 Å². The summed E-state index contributed by atoms with van der Waals surface area (Å²) in [5, 5.41) is 4.82. The summed E-state index contributed by atoms with van der Waals surface area (Å²) >= 11 is 5.92. The van der Waals surface area contributed by atoms with E-state index in [-0.39, 0.29) is 11.8 Å². The van der Waals surface area contributed by atoms with Crippen LogP contribution in [0.25, 0.3) is 0 Å². The summed E-state index contributed by atoms with van der Waals surface area (Å²) < 4.78 is 0. The number of carbonyl (C=O) groups excluding carboxylic acids is 1. The van der Waals surface area contributed by atoms with Gasteiger partial charge in [0.25, 0.3) is 0 Å². The second kappa shape index (κ2) is 8.79. The molecule has 2 aromatic rings. The molecule has 130 valence electrons. The minimum Gasteiger partial charge on any atom is -0.299 e. The number of likely N-dealkylation sites (tertiary alicyclic amines) is 1. The first kappa shape index (κ1) is 17.6. The molecule has 5 heteroatoms. The molecule has 0 aromatic heterocycles. The molecule has 1 amide bonds. The maximum atomic E-state index is 12.2. The number of nitrogens with zero attached hydrogens (tertiary/aromatic N) is 2. The standard InChI is InChI=1S/C20H22ClN3O/c21-19-8-6-17(7-9-19)15-24-12-10-18(11-13-24)20(25)23-22-14-16-4-2-1-3-5-16/h1-9,14,18H,10-13,15H2,(H,23,25)/b22-14+. The van der Waals surface area contributed by atoms with E-state index >= 15 is 0 Å². The van der Waals surface area contributed by atoms with Gasteiger partial charge in [0.1, 0.15) is 0 Å². The average molecular weight is 356 g/mol. The summed E-state index contributed by atoms with van der Waals surface area (Å²) in [6.07, 6.45) is 3.40. The normalized spacial score (nSPS) is 16.2. The van der Waals surface area contributed by atoms with Crippen molar-refractivity contribution in [2.75, 3.05) is 13.1 Å². The number of amides is 1. The number of benzene rings is 2. The second-order valence-corrected chi connectivity index (χ2v) is 6.76. The number of piperidine rings is 1. The SMILES string of the molecule is O=C(N/N=C/c1ccccc1)C1CCN(Cc2ccc(Cl)cc2)CC1. The minimum absolute atomic E-state index is 0.0123. The molecule has 0 aliphatic carbocycles. The molecule has 1 aliphatic rings. The Morgan fingerprint density at radius 1 is 1.12 bits per heavy atom. The molecule has 1 aliphatic heterocycles. The predicted octanol–water partition coefficient (Wildman–Crippen LogP) is 3.70. The summed E-state index contributed by atoms with van der Waals surface area (Å²) in [6, 6.07) is 17.7. The molecule has 0 saturated carbocycles. The van der Waals surface area contributed by atoms with E-state index in [1.165, 1.54) is 5.56 Å². The van der Waals surface area contributed by atoms with Crippen LogP contribution < -0.4 is 5.43 Å². The summed E-state index contributed by atoms with van der Waals surface area (Å²) in [4.78, 5) is 14.6. The van der Waals surface area contributed by atoms with Crippen LogP contribution in [0.3, 0.4) is 0 Å². The average Bonchev–Trinajstić information content (AvgIpc) is 2.65. The van der Waals surface area contributed by atoms with Gasteiger partial charge in [-0.15, -0.1) is 0 Å². The second-order valence-electron chi connectivity index (χ2n) is 6.32. The highest BCUT2D eigenvalue weighted by Crippen LogP contribution is 2.20.